The number of anilines is 1. The van der Waals surface area contributed by atoms with Gasteiger partial charge < -0.3 is 25.3 Å². The molecule has 8 heteroatoms. The number of pyridine rings is 2. The van der Waals surface area contributed by atoms with Crippen LogP contribution in [0.15, 0.2) is 42.6 Å². The number of nitrogens with zero attached hydrogens (tertiary/aromatic N) is 2. The van der Waals surface area contributed by atoms with E-state index in [0.29, 0.717) is 17.3 Å². The van der Waals surface area contributed by atoms with Gasteiger partial charge in [-0.2, -0.15) is 4.98 Å². The van der Waals surface area contributed by atoms with Crippen molar-refractivity contribution >= 4 is 22.5 Å². The highest BCUT2D eigenvalue weighted by molar-refractivity contribution is 5.95. The maximum atomic E-state index is 11.6. The number of rotatable bonds is 7. The van der Waals surface area contributed by atoms with E-state index in [-0.39, 0.29) is 12.1 Å². The van der Waals surface area contributed by atoms with Gasteiger partial charge in [0, 0.05) is 23.7 Å². The number of amides is 1. The van der Waals surface area contributed by atoms with Gasteiger partial charge >= 0.3 is 0 Å². The predicted octanol–water partition coefficient (Wildman–Crippen LogP) is 3.55. The summed E-state index contributed by atoms with van der Waals surface area (Å²) in [5, 5.41) is 5.59. The maximum Gasteiger partial charge on any atom is 0.254 e. The number of methoxy groups -OCH3 is 2. The van der Waals surface area contributed by atoms with E-state index in [1.54, 1.807) is 32.5 Å². The van der Waals surface area contributed by atoms with Gasteiger partial charge in [-0.15, -0.1) is 0 Å². The summed E-state index contributed by atoms with van der Waals surface area (Å²) >= 11 is 0. The Morgan fingerprint density at radius 2 is 1.90 bits per heavy atom. The van der Waals surface area contributed by atoms with Crippen molar-refractivity contribution in [1.82, 2.24) is 9.97 Å². The first-order chi connectivity index (χ1) is 15.1. The summed E-state index contributed by atoms with van der Waals surface area (Å²) in [6, 6.07) is 11.4. The lowest BCUT2D eigenvalue weighted by Gasteiger charge is -2.30. The van der Waals surface area contributed by atoms with Crippen molar-refractivity contribution in [2.24, 2.45) is 5.73 Å². The molecule has 3 N–H and O–H groups in total. The van der Waals surface area contributed by atoms with Crippen LogP contribution >= 0.6 is 0 Å². The number of hydrogen-bond acceptors (Lipinski definition) is 7. The molecule has 1 fully saturated rings. The molecule has 3 aromatic rings. The number of aromatic nitrogens is 2. The van der Waals surface area contributed by atoms with Crippen LogP contribution in [0.5, 0.6) is 17.5 Å². The van der Waals surface area contributed by atoms with Gasteiger partial charge in [0.15, 0.2) is 0 Å². The van der Waals surface area contributed by atoms with E-state index >= 15 is 0 Å². The number of carbonyl (C=O) groups excluding carboxylic acids is 1. The molecular weight excluding hydrogens is 396 g/mol. The highest BCUT2D eigenvalue weighted by atomic mass is 16.5. The molecule has 0 saturated heterocycles. The molecule has 0 aliphatic heterocycles. The van der Waals surface area contributed by atoms with Crippen LogP contribution in [0, 0.1) is 0 Å². The highest BCUT2D eigenvalue weighted by Crippen LogP contribution is 2.32. The van der Waals surface area contributed by atoms with E-state index in [1.165, 1.54) is 0 Å². The summed E-state index contributed by atoms with van der Waals surface area (Å²) in [6.45, 7) is 0. The minimum atomic E-state index is -0.536. The Morgan fingerprint density at radius 3 is 2.61 bits per heavy atom. The van der Waals surface area contributed by atoms with E-state index in [4.69, 9.17) is 19.9 Å². The van der Waals surface area contributed by atoms with Crippen LogP contribution in [0.1, 0.15) is 36.0 Å². The molecule has 8 nitrogen and oxygen atoms in total. The smallest absolute Gasteiger partial charge is 0.254 e. The lowest BCUT2D eigenvalue weighted by atomic mass is 9.92. The Morgan fingerprint density at radius 1 is 1.10 bits per heavy atom. The second-order valence-electron chi connectivity index (χ2n) is 7.56. The number of primary amides is 1. The van der Waals surface area contributed by atoms with Gasteiger partial charge in [-0.05, 0) is 61.4 Å². The Labute approximate surface area is 180 Å². The molecule has 0 bridgehead atoms. The molecule has 0 unspecified atom stereocenters. The third-order valence-corrected chi connectivity index (χ3v) is 5.55. The summed E-state index contributed by atoms with van der Waals surface area (Å²) in [4.78, 5) is 20.4. The molecule has 162 valence electrons. The van der Waals surface area contributed by atoms with Crippen molar-refractivity contribution in [2.75, 3.05) is 19.5 Å². The summed E-state index contributed by atoms with van der Waals surface area (Å²) < 4.78 is 16.7. The topological polar surface area (TPSA) is 109 Å². The van der Waals surface area contributed by atoms with Crippen LogP contribution < -0.4 is 25.3 Å². The minimum Gasteiger partial charge on any atom is -0.497 e. The Bertz CT molecular complexity index is 1080. The second-order valence-corrected chi connectivity index (χ2v) is 7.56. The van der Waals surface area contributed by atoms with Crippen LogP contribution in [0.4, 0.5) is 5.82 Å². The molecule has 2 heterocycles. The van der Waals surface area contributed by atoms with E-state index in [1.807, 2.05) is 24.3 Å². The monoisotopic (exact) mass is 422 g/mol. The molecule has 2 aromatic heterocycles. The van der Waals surface area contributed by atoms with Gasteiger partial charge in [-0.3, -0.25) is 4.79 Å². The summed E-state index contributed by atoms with van der Waals surface area (Å²) in [6.07, 6.45) is 5.07. The van der Waals surface area contributed by atoms with E-state index < -0.39 is 5.91 Å². The van der Waals surface area contributed by atoms with E-state index in [9.17, 15) is 4.79 Å². The van der Waals surface area contributed by atoms with Gasteiger partial charge in [-0.1, -0.05) is 0 Å². The average Bonchev–Trinajstić information content (AvgIpc) is 2.80. The van der Waals surface area contributed by atoms with Crippen molar-refractivity contribution in [1.29, 1.82) is 0 Å². The quantitative estimate of drug-likeness (QED) is 0.599. The SMILES string of the molecule is COc1ccc2c(N[C@H]3CC[C@H](Oc4ncccc4C(N)=O)CC3)nc(OC)cc2c1. The normalized spacial score (nSPS) is 18.4. The molecule has 0 atom stereocenters. The number of ether oxygens (including phenoxy) is 3. The summed E-state index contributed by atoms with van der Waals surface area (Å²) in [7, 11) is 3.26. The van der Waals surface area contributed by atoms with Gasteiger partial charge in [0.05, 0.1) is 14.2 Å². The largest absolute Gasteiger partial charge is 0.497 e. The minimum absolute atomic E-state index is 0.00896. The highest BCUT2D eigenvalue weighted by Gasteiger charge is 2.25. The standard InChI is InChI=1S/C23H26N4O4/c1-29-17-9-10-18-14(12-17)13-20(30-2)27-22(18)26-15-5-7-16(8-6-15)31-23-19(21(24)28)4-3-11-25-23/h3-4,9-13,15-16H,5-8H2,1-2H3,(H2,24,28)(H,26,27)/t15-,16-. The fourth-order valence-electron chi connectivity index (χ4n) is 3.90. The average molecular weight is 422 g/mol. The van der Waals surface area contributed by atoms with Crippen molar-refractivity contribution in [3.05, 3.63) is 48.2 Å². The Balaban J connectivity index is 1.44. The third-order valence-electron chi connectivity index (χ3n) is 5.55. The molecule has 1 aliphatic carbocycles. The van der Waals surface area contributed by atoms with E-state index in [0.717, 1.165) is 48.0 Å². The molecule has 1 saturated carbocycles. The molecule has 1 aliphatic rings. The summed E-state index contributed by atoms with van der Waals surface area (Å²) in [5.74, 6) is 1.90. The fraction of sp³-hybridized carbons (Fsp3) is 0.348. The first-order valence-electron chi connectivity index (χ1n) is 10.3. The van der Waals surface area contributed by atoms with Crippen LogP contribution in [0.25, 0.3) is 10.8 Å². The lowest BCUT2D eigenvalue weighted by Crippen LogP contribution is -2.32. The van der Waals surface area contributed by atoms with Crippen molar-refractivity contribution in [3.63, 3.8) is 0 Å². The van der Waals surface area contributed by atoms with Crippen molar-refractivity contribution in [2.45, 2.75) is 37.8 Å². The predicted molar refractivity (Wildman–Crippen MR) is 118 cm³/mol. The third kappa shape index (κ3) is 4.63. The zero-order valence-corrected chi connectivity index (χ0v) is 17.6. The number of nitrogens with two attached hydrogens (primary N) is 1. The number of fused-ring (bicyclic) bond motifs is 1. The summed E-state index contributed by atoms with van der Waals surface area (Å²) in [5.41, 5.74) is 5.73. The molecular formula is C23H26N4O4. The molecule has 4 rings (SSSR count). The maximum absolute atomic E-state index is 11.6. The first-order valence-corrected chi connectivity index (χ1v) is 10.3. The Kier molecular flexibility index (Phi) is 6.06. The zero-order valence-electron chi connectivity index (χ0n) is 17.6. The molecule has 31 heavy (non-hydrogen) atoms. The molecule has 0 radical (unpaired) electrons. The van der Waals surface area contributed by atoms with Gasteiger partial charge in [0.25, 0.3) is 5.91 Å². The van der Waals surface area contributed by atoms with Crippen molar-refractivity contribution < 1.29 is 19.0 Å². The van der Waals surface area contributed by atoms with Gasteiger partial charge in [0.2, 0.25) is 11.8 Å². The fourth-order valence-corrected chi connectivity index (χ4v) is 3.90. The van der Waals surface area contributed by atoms with Crippen molar-refractivity contribution in [3.8, 4) is 17.5 Å². The lowest BCUT2D eigenvalue weighted by molar-refractivity contribution is 0.0983. The second kappa shape index (κ2) is 9.07. The number of nitrogens with one attached hydrogen (secondary N) is 1. The number of hydrogen-bond donors (Lipinski definition) is 2. The van der Waals surface area contributed by atoms with E-state index in [2.05, 4.69) is 15.3 Å². The number of carbonyl (C=O) groups is 1. The van der Waals surface area contributed by atoms with Crippen LogP contribution in [0.3, 0.4) is 0 Å². The first kappa shape index (κ1) is 20.7. The molecule has 1 aromatic carbocycles. The zero-order chi connectivity index (χ0) is 21.8. The van der Waals surface area contributed by atoms with Crippen LogP contribution in [-0.4, -0.2) is 42.2 Å². The van der Waals surface area contributed by atoms with Gasteiger partial charge in [-0.25, -0.2) is 4.98 Å². The Hall–Kier alpha value is -3.55. The van der Waals surface area contributed by atoms with Gasteiger partial charge in [0.1, 0.15) is 23.2 Å². The van der Waals surface area contributed by atoms with Crippen LogP contribution in [0.2, 0.25) is 0 Å². The molecule has 1 amide bonds. The molecule has 0 spiro atoms. The van der Waals surface area contributed by atoms with Crippen LogP contribution in [-0.2, 0) is 0 Å². The number of benzene rings is 1.